The van der Waals surface area contributed by atoms with E-state index in [0.717, 1.165) is 56.4 Å². The number of guanidine groups is 1. The summed E-state index contributed by atoms with van der Waals surface area (Å²) in [6.45, 7) is 9.80. The molecule has 0 saturated carbocycles. The minimum Gasteiger partial charge on any atom is -0.378 e. The summed E-state index contributed by atoms with van der Waals surface area (Å²) in [6, 6.07) is 5.27. The highest BCUT2D eigenvalue weighted by Gasteiger charge is 2.21. The fourth-order valence-electron chi connectivity index (χ4n) is 3.54. The SMILES string of the molecule is CCNC(=NCc1ccc(-n2ccnc2C)c(F)c1)N1CCC(OCC)CC1.I. The lowest BCUT2D eigenvalue weighted by molar-refractivity contribution is 0.0263. The number of imidazole rings is 1. The molecule has 0 atom stereocenters. The van der Waals surface area contributed by atoms with Gasteiger partial charge < -0.3 is 19.5 Å². The molecule has 0 unspecified atom stereocenters. The average Bonchev–Trinajstić information content (AvgIpc) is 3.12. The highest BCUT2D eigenvalue weighted by atomic mass is 127. The Hall–Kier alpha value is -1.68. The first kappa shape index (κ1) is 23.6. The molecule has 8 heteroatoms. The van der Waals surface area contributed by atoms with Crippen LogP contribution >= 0.6 is 24.0 Å². The largest absolute Gasteiger partial charge is 0.378 e. The highest BCUT2D eigenvalue weighted by molar-refractivity contribution is 14.0. The van der Waals surface area contributed by atoms with Crippen LogP contribution in [-0.2, 0) is 11.3 Å². The van der Waals surface area contributed by atoms with Crippen molar-refractivity contribution < 1.29 is 9.13 Å². The summed E-state index contributed by atoms with van der Waals surface area (Å²) in [7, 11) is 0. The first-order valence-electron chi connectivity index (χ1n) is 10.1. The van der Waals surface area contributed by atoms with E-state index in [0.29, 0.717) is 18.3 Å². The third-order valence-electron chi connectivity index (χ3n) is 4.99. The van der Waals surface area contributed by atoms with Crippen LogP contribution in [0.1, 0.15) is 38.1 Å². The second-order valence-electron chi connectivity index (χ2n) is 6.94. The summed E-state index contributed by atoms with van der Waals surface area (Å²) < 4.78 is 22.1. The molecular formula is C21H31FIN5O. The van der Waals surface area contributed by atoms with Gasteiger partial charge >= 0.3 is 0 Å². The van der Waals surface area contributed by atoms with Crippen LogP contribution in [0.2, 0.25) is 0 Å². The zero-order chi connectivity index (χ0) is 19.9. The normalized spacial score (nSPS) is 15.3. The summed E-state index contributed by atoms with van der Waals surface area (Å²) in [5.74, 6) is 1.37. The number of hydrogen-bond donors (Lipinski definition) is 1. The number of aliphatic imine (C=N–C) groups is 1. The van der Waals surface area contributed by atoms with Crippen LogP contribution in [0.4, 0.5) is 4.39 Å². The summed E-state index contributed by atoms with van der Waals surface area (Å²) in [5, 5.41) is 3.35. The van der Waals surface area contributed by atoms with E-state index < -0.39 is 0 Å². The van der Waals surface area contributed by atoms with Crippen molar-refractivity contribution in [3.05, 3.63) is 47.8 Å². The minimum absolute atomic E-state index is 0. The molecule has 0 radical (unpaired) electrons. The average molecular weight is 515 g/mol. The van der Waals surface area contributed by atoms with Gasteiger partial charge in [-0.15, -0.1) is 24.0 Å². The number of rotatable bonds is 6. The zero-order valence-electron chi connectivity index (χ0n) is 17.4. The van der Waals surface area contributed by atoms with Crippen molar-refractivity contribution in [2.45, 2.75) is 46.3 Å². The number of piperidine rings is 1. The number of halogens is 2. The summed E-state index contributed by atoms with van der Waals surface area (Å²) in [5.41, 5.74) is 1.35. The minimum atomic E-state index is -0.267. The van der Waals surface area contributed by atoms with E-state index >= 15 is 0 Å². The molecule has 0 bridgehead atoms. The van der Waals surface area contributed by atoms with Crippen molar-refractivity contribution in [1.29, 1.82) is 0 Å². The second-order valence-corrected chi connectivity index (χ2v) is 6.94. The third-order valence-corrected chi connectivity index (χ3v) is 4.99. The maximum Gasteiger partial charge on any atom is 0.194 e. The Balaban J connectivity index is 0.00000300. The number of benzene rings is 1. The van der Waals surface area contributed by atoms with Gasteiger partial charge in [-0.2, -0.15) is 0 Å². The van der Waals surface area contributed by atoms with E-state index in [-0.39, 0.29) is 29.8 Å². The van der Waals surface area contributed by atoms with E-state index in [9.17, 15) is 4.39 Å². The van der Waals surface area contributed by atoms with E-state index in [2.05, 4.69) is 22.1 Å². The van der Waals surface area contributed by atoms with Gasteiger partial charge in [0.15, 0.2) is 5.96 Å². The number of nitrogens with one attached hydrogen (secondary N) is 1. The van der Waals surface area contributed by atoms with Gasteiger partial charge in [0.1, 0.15) is 11.6 Å². The topological polar surface area (TPSA) is 54.7 Å². The molecule has 2 aromatic rings. The molecule has 3 rings (SSSR count). The van der Waals surface area contributed by atoms with Crippen LogP contribution in [-0.4, -0.2) is 52.8 Å². The number of aryl methyl sites for hydroxylation is 1. The highest BCUT2D eigenvalue weighted by Crippen LogP contribution is 2.18. The molecule has 0 aliphatic carbocycles. The van der Waals surface area contributed by atoms with Gasteiger partial charge in [-0.25, -0.2) is 14.4 Å². The van der Waals surface area contributed by atoms with Crippen LogP contribution < -0.4 is 5.32 Å². The first-order valence-corrected chi connectivity index (χ1v) is 10.1. The maximum absolute atomic E-state index is 14.6. The van der Waals surface area contributed by atoms with Crippen molar-refractivity contribution in [1.82, 2.24) is 19.8 Å². The van der Waals surface area contributed by atoms with Crippen LogP contribution in [0.3, 0.4) is 0 Å². The smallest absolute Gasteiger partial charge is 0.194 e. The number of nitrogens with zero attached hydrogens (tertiary/aromatic N) is 4. The molecule has 6 nitrogen and oxygen atoms in total. The van der Waals surface area contributed by atoms with Gasteiger partial charge in [-0.05, 0) is 51.3 Å². The monoisotopic (exact) mass is 515 g/mol. The van der Waals surface area contributed by atoms with E-state index in [1.165, 1.54) is 0 Å². The Kier molecular flexibility index (Phi) is 9.35. The number of likely N-dealkylation sites (tertiary alicyclic amines) is 1. The van der Waals surface area contributed by atoms with Crippen LogP contribution in [0.5, 0.6) is 0 Å². The van der Waals surface area contributed by atoms with Crippen molar-refractivity contribution in [3.8, 4) is 5.69 Å². The van der Waals surface area contributed by atoms with Crippen LogP contribution in [0.15, 0.2) is 35.6 Å². The molecule has 0 spiro atoms. The van der Waals surface area contributed by atoms with Gasteiger partial charge in [0, 0.05) is 38.6 Å². The summed E-state index contributed by atoms with van der Waals surface area (Å²) >= 11 is 0. The number of ether oxygens (including phenoxy) is 1. The molecule has 1 N–H and O–H groups in total. The lowest BCUT2D eigenvalue weighted by Crippen LogP contribution is -2.47. The maximum atomic E-state index is 14.6. The van der Waals surface area contributed by atoms with Crippen LogP contribution in [0.25, 0.3) is 5.69 Å². The Morgan fingerprint density at radius 3 is 2.66 bits per heavy atom. The molecule has 1 aliphatic heterocycles. The Bertz CT molecular complexity index is 802. The fraction of sp³-hybridized carbons (Fsp3) is 0.524. The van der Waals surface area contributed by atoms with Crippen molar-refractivity contribution in [2.75, 3.05) is 26.2 Å². The molecule has 29 heavy (non-hydrogen) atoms. The summed E-state index contributed by atoms with van der Waals surface area (Å²) in [4.78, 5) is 11.2. The van der Waals surface area contributed by atoms with Crippen molar-refractivity contribution in [2.24, 2.45) is 4.99 Å². The van der Waals surface area contributed by atoms with E-state index in [4.69, 9.17) is 9.73 Å². The molecule has 1 aromatic heterocycles. The zero-order valence-corrected chi connectivity index (χ0v) is 19.7. The van der Waals surface area contributed by atoms with Gasteiger partial charge in [0.05, 0.1) is 18.3 Å². The Morgan fingerprint density at radius 1 is 1.31 bits per heavy atom. The lowest BCUT2D eigenvalue weighted by atomic mass is 10.1. The molecule has 1 saturated heterocycles. The number of aromatic nitrogens is 2. The molecule has 1 aliphatic rings. The Labute approximate surface area is 189 Å². The molecule has 160 valence electrons. The van der Waals surface area contributed by atoms with Crippen molar-refractivity contribution in [3.63, 3.8) is 0 Å². The van der Waals surface area contributed by atoms with Gasteiger partial charge in [-0.1, -0.05) is 6.07 Å². The fourth-order valence-corrected chi connectivity index (χ4v) is 3.54. The lowest BCUT2D eigenvalue weighted by Gasteiger charge is -2.34. The Morgan fingerprint density at radius 2 is 2.07 bits per heavy atom. The van der Waals surface area contributed by atoms with Gasteiger partial charge in [-0.3, -0.25) is 0 Å². The predicted molar refractivity (Wildman–Crippen MR) is 125 cm³/mol. The van der Waals surface area contributed by atoms with Gasteiger partial charge in [0.2, 0.25) is 0 Å². The van der Waals surface area contributed by atoms with E-state index in [1.54, 1.807) is 29.1 Å². The molecule has 1 fully saturated rings. The molecular weight excluding hydrogens is 484 g/mol. The van der Waals surface area contributed by atoms with E-state index in [1.807, 2.05) is 19.9 Å². The quantitative estimate of drug-likeness (QED) is 0.360. The first-order chi connectivity index (χ1) is 13.6. The van der Waals surface area contributed by atoms with Crippen molar-refractivity contribution >= 4 is 29.9 Å². The predicted octanol–water partition coefficient (Wildman–Crippen LogP) is 3.90. The molecule has 2 heterocycles. The second kappa shape index (κ2) is 11.5. The van der Waals surface area contributed by atoms with Gasteiger partial charge in [0.25, 0.3) is 0 Å². The molecule has 1 aromatic carbocycles. The number of hydrogen-bond acceptors (Lipinski definition) is 3. The summed E-state index contributed by atoms with van der Waals surface area (Å²) in [6.07, 6.45) is 5.79. The standard InChI is InChI=1S/C21H30FN5O.HI/c1-4-23-21(26-11-8-18(9-12-26)28-5-2)25-15-17-6-7-20(19(22)14-17)27-13-10-24-16(27)3;/h6-7,10,13-14,18H,4-5,8-9,11-12,15H2,1-3H3,(H,23,25);1H. The third kappa shape index (κ3) is 6.15. The molecule has 0 amide bonds. The van der Waals surface area contributed by atoms with Crippen LogP contribution in [0, 0.1) is 12.7 Å².